The number of amides is 2. The lowest BCUT2D eigenvalue weighted by atomic mass is 9.97. The second kappa shape index (κ2) is 10.7. The molecule has 3 aromatic rings. The van der Waals surface area contributed by atoms with Gasteiger partial charge >= 0.3 is 0 Å². The topological polar surface area (TPSA) is 85.5 Å². The van der Waals surface area contributed by atoms with Crippen LogP contribution >= 0.6 is 0 Å². The van der Waals surface area contributed by atoms with Crippen LogP contribution in [0.25, 0.3) is 0 Å². The molecule has 0 atom stereocenters. The maximum absolute atomic E-state index is 14.1. The van der Waals surface area contributed by atoms with Gasteiger partial charge in [0.25, 0.3) is 11.8 Å². The van der Waals surface area contributed by atoms with E-state index < -0.39 is 17.5 Å². The van der Waals surface area contributed by atoms with Crippen LogP contribution in [0.5, 0.6) is 0 Å². The molecule has 0 saturated carbocycles. The first-order chi connectivity index (χ1) is 16.8. The van der Waals surface area contributed by atoms with E-state index in [1.54, 1.807) is 11.0 Å². The van der Waals surface area contributed by atoms with E-state index in [9.17, 15) is 18.4 Å². The lowest BCUT2D eigenvalue weighted by Gasteiger charge is -2.27. The largest absolute Gasteiger partial charge is 0.378 e. The number of aromatic nitrogens is 1. The van der Waals surface area contributed by atoms with Crippen molar-refractivity contribution in [2.45, 2.75) is 26.2 Å². The Kier molecular flexibility index (Phi) is 7.51. The molecule has 0 radical (unpaired) electrons. The Balaban J connectivity index is 1.52. The molecule has 6 nitrogen and oxygen atoms in total. The van der Waals surface area contributed by atoms with Crippen LogP contribution in [0.15, 0.2) is 48.7 Å². The second-order valence-electron chi connectivity index (χ2n) is 8.64. The van der Waals surface area contributed by atoms with Gasteiger partial charge in [-0.1, -0.05) is 24.3 Å². The summed E-state index contributed by atoms with van der Waals surface area (Å²) in [4.78, 5) is 30.9. The van der Waals surface area contributed by atoms with Crippen LogP contribution in [0.3, 0.4) is 0 Å². The first kappa shape index (κ1) is 24.5. The number of ether oxygens (including phenoxy) is 1. The highest BCUT2D eigenvalue weighted by atomic mass is 19.2. The van der Waals surface area contributed by atoms with Crippen LogP contribution in [0.2, 0.25) is 0 Å². The minimum absolute atomic E-state index is 0.00634. The zero-order valence-electron chi connectivity index (χ0n) is 19.5. The SMILES string of the molecule is Cc1cc(Cc2cc(CCc3cccc(F)c3F)c(C(N)=O)cn2)ccc1C(=O)N1CCOCC1. The van der Waals surface area contributed by atoms with Crippen molar-refractivity contribution in [3.05, 3.63) is 99.4 Å². The Hall–Kier alpha value is -3.65. The van der Waals surface area contributed by atoms with Gasteiger partial charge in [-0.3, -0.25) is 14.6 Å². The Morgan fingerprint density at radius 1 is 1.03 bits per heavy atom. The molecule has 35 heavy (non-hydrogen) atoms. The molecule has 2 aromatic carbocycles. The number of morpholine rings is 1. The maximum atomic E-state index is 14.1. The summed E-state index contributed by atoms with van der Waals surface area (Å²) >= 11 is 0. The van der Waals surface area contributed by atoms with E-state index in [1.807, 2.05) is 25.1 Å². The summed E-state index contributed by atoms with van der Waals surface area (Å²) in [7, 11) is 0. The van der Waals surface area contributed by atoms with E-state index in [0.717, 1.165) is 17.2 Å². The third kappa shape index (κ3) is 5.71. The van der Waals surface area contributed by atoms with Crippen LogP contribution in [0.1, 0.15) is 48.7 Å². The van der Waals surface area contributed by atoms with Crippen LogP contribution in [-0.4, -0.2) is 48.0 Å². The van der Waals surface area contributed by atoms with Crippen LogP contribution in [0, 0.1) is 18.6 Å². The van der Waals surface area contributed by atoms with Crippen LogP contribution < -0.4 is 5.73 Å². The normalized spacial score (nSPS) is 13.6. The van der Waals surface area contributed by atoms with Crippen molar-refractivity contribution >= 4 is 11.8 Å². The first-order valence-corrected chi connectivity index (χ1v) is 11.5. The standard InChI is InChI=1S/C27H27F2N3O3/c1-17-13-18(5-8-22(17)27(34)32-9-11-35-12-10-32)14-21-15-20(23(16-31-21)26(30)33)7-6-19-3-2-4-24(28)25(19)29/h2-5,8,13,15-16H,6-7,9-12,14H2,1H3,(H2,30,33). The summed E-state index contributed by atoms with van der Waals surface area (Å²) in [5.74, 6) is -2.42. The van der Waals surface area contributed by atoms with Crippen molar-refractivity contribution in [1.82, 2.24) is 9.88 Å². The van der Waals surface area contributed by atoms with Crippen molar-refractivity contribution < 1.29 is 23.1 Å². The second-order valence-corrected chi connectivity index (χ2v) is 8.64. The number of pyridine rings is 1. The minimum Gasteiger partial charge on any atom is -0.378 e. The molecule has 1 aliphatic heterocycles. The minimum atomic E-state index is -0.904. The van der Waals surface area contributed by atoms with Crippen molar-refractivity contribution in [3.63, 3.8) is 0 Å². The molecule has 1 saturated heterocycles. The lowest BCUT2D eigenvalue weighted by Crippen LogP contribution is -2.40. The van der Waals surface area contributed by atoms with Gasteiger partial charge in [0.15, 0.2) is 11.6 Å². The van der Waals surface area contributed by atoms with E-state index in [1.165, 1.54) is 18.3 Å². The number of carbonyl (C=O) groups is 2. The average molecular weight is 480 g/mol. The maximum Gasteiger partial charge on any atom is 0.254 e. The van der Waals surface area contributed by atoms with Crippen LogP contribution in [0.4, 0.5) is 8.78 Å². The van der Waals surface area contributed by atoms with E-state index in [2.05, 4.69) is 4.98 Å². The van der Waals surface area contributed by atoms with E-state index >= 15 is 0 Å². The highest BCUT2D eigenvalue weighted by Gasteiger charge is 2.20. The van der Waals surface area contributed by atoms with E-state index in [0.29, 0.717) is 56.0 Å². The van der Waals surface area contributed by atoms with Gasteiger partial charge in [0.2, 0.25) is 0 Å². The quantitative estimate of drug-likeness (QED) is 0.561. The predicted molar refractivity (Wildman–Crippen MR) is 127 cm³/mol. The van der Waals surface area contributed by atoms with Gasteiger partial charge in [-0.05, 0) is 60.2 Å². The number of nitrogens with zero attached hydrogens (tertiary/aromatic N) is 2. The molecule has 0 unspecified atom stereocenters. The van der Waals surface area contributed by atoms with Gasteiger partial charge in [0, 0.05) is 37.0 Å². The molecule has 2 amide bonds. The molecular formula is C27H27F2N3O3. The van der Waals surface area contributed by atoms with Crippen molar-refractivity contribution in [1.29, 1.82) is 0 Å². The molecule has 4 rings (SSSR count). The summed E-state index contributed by atoms with van der Waals surface area (Å²) in [6, 6.07) is 11.5. The fraction of sp³-hybridized carbons (Fsp3) is 0.296. The highest BCUT2D eigenvalue weighted by molar-refractivity contribution is 5.96. The molecule has 1 aliphatic rings. The molecule has 0 spiro atoms. The van der Waals surface area contributed by atoms with Gasteiger partial charge in [-0.2, -0.15) is 0 Å². The number of carbonyl (C=O) groups excluding carboxylic acids is 2. The van der Waals surface area contributed by atoms with Gasteiger partial charge in [0.05, 0.1) is 18.8 Å². The Labute approximate surface area is 202 Å². The van der Waals surface area contributed by atoms with E-state index in [-0.39, 0.29) is 23.5 Å². The molecule has 0 bridgehead atoms. The van der Waals surface area contributed by atoms with Gasteiger partial charge < -0.3 is 15.4 Å². The molecule has 8 heteroatoms. The van der Waals surface area contributed by atoms with Gasteiger partial charge in [0.1, 0.15) is 0 Å². The van der Waals surface area contributed by atoms with E-state index in [4.69, 9.17) is 10.5 Å². The van der Waals surface area contributed by atoms with Crippen molar-refractivity contribution in [2.75, 3.05) is 26.3 Å². The monoisotopic (exact) mass is 479 g/mol. The Morgan fingerprint density at radius 2 is 1.77 bits per heavy atom. The summed E-state index contributed by atoms with van der Waals surface area (Å²) in [5.41, 5.74) is 9.82. The average Bonchev–Trinajstić information content (AvgIpc) is 2.85. The Morgan fingerprint density at radius 3 is 2.49 bits per heavy atom. The molecular weight excluding hydrogens is 452 g/mol. The van der Waals surface area contributed by atoms with Crippen LogP contribution in [-0.2, 0) is 24.0 Å². The van der Waals surface area contributed by atoms with Gasteiger partial charge in [-0.15, -0.1) is 0 Å². The molecule has 2 N–H and O–H groups in total. The number of rotatable bonds is 7. The molecule has 1 fully saturated rings. The molecule has 182 valence electrons. The number of hydrogen-bond donors (Lipinski definition) is 1. The van der Waals surface area contributed by atoms with Crippen molar-refractivity contribution in [3.8, 4) is 0 Å². The highest BCUT2D eigenvalue weighted by Crippen LogP contribution is 2.20. The summed E-state index contributed by atoms with van der Waals surface area (Å²) < 4.78 is 32.9. The number of halogens is 2. The summed E-state index contributed by atoms with van der Waals surface area (Å²) in [6.45, 7) is 4.16. The first-order valence-electron chi connectivity index (χ1n) is 11.5. The third-order valence-corrected chi connectivity index (χ3v) is 6.21. The molecule has 0 aliphatic carbocycles. The Bertz CT molecular complexity index is 1260. The zero-order chi connectivity index (χ0) is 24.9. The molecule has 1 aromatic heterocycles. The number of nitrogens with two attached hydrogens (primary N) is 1. The summed E-state index contributed by atoms with van der Waals surface area (Å²) in [5, 5.41) is 0. The lowest BCUT2D eigenvalue weighted by molar-refractivity contribution is 0.0302. The van der Waals surface area contributed by atoms with Gasteiger partial charge in [-0.25, -0.2) is 8.78 Å². The molecule has 2 heterocycles. The van der Waals surface area contributed by atoms with Crippen molar-refractivity contribution in [2.24, 2.45) is 5.73 Å². The fourth-order valence-electron chi connectivity index (χ4n) is 4.30. The predicted octanol–water partition coefficient (Wildman–Crippen LogP) is 3.62. The third-order valence-electron chi connectivity index (χ3n) is 6.21. The number of primary amides is 1. The zero-order valence-corrected chi connectivity index (χ0v) is 19.5. The number of aryl methyl sites for hydroxylation is 3. The summed E-state index contributed by atoms with van der Waals surface area (Å²) in [6.07, 6.45) is 2.43. The number of hydrogen-bond acceptors (Lipinski definition) is 4. The number of benzene rings is 2. The fourth-order valence-corrected chi connectivity index (χ4v) is 4.30. The smallest absolute Gasteiger partial charge is 0.254 e.